The van der Waals surface area contributed by atoms with E-state index in [9.17, 15) is 0 Å². The number of nitrogens with one attached hydrogen (secondary N) is 2. The van der Waals surface area contributed by atoms with Crippen LogP contribution in [0.4, 0.5) is 5.69 Å². The zero-order chi connectivity index (χ0) is 13.7. The first-order chi connectivity index (χ1) is 9.26. The number of fused-ring (bicyclic) bond motifs is 1. The minimum Gasteiger partial charge on any atom is -0.375 e. The summed E-state index contributed by atoms with van der Waals surface area (Å²) in [4.78, 5) is 2.35. The molecule has 1 unspecified atom stereocenters. The number of rotatable bonds is 6. The molecule has 1 heterocycles. The van der Waals surface area contributed by atoms with Crippen molar-refractivity contribution in [2.24, 2.45) is 0 Å². The van der Waals surface area contributed by atoms with Gasteiger partial charge < -0.3 is 15.5 Å². The molecule has 0 spiro atoms. The molecular formula is C16H27N3. The van der Waals surface area contributed by atoms with Crippen LogP contribution in [0.3, 0.4) is 0 Å². The molecule has 1 aliphatic heterocycles. The maximum Gasteiger partial charge on any atom is 0.0399 e. The summed E-state index contributed by atoms with van der Waals surface area (Å²) in [5, 5.41) is 7.16. The van der Waals surface area contributed by atoms with Crippen LogP contribution >= 0.6 is 0 Å². The molecule has 2 N–H and O–H groups in total. The molecule has 1 aromatic rings. The summed E-state index contributed by atoms with van der Waals surface area (Å²) in [6, 6.07) is 7.25. The molecule has 3 nitrogen and oxygen atoms in total. The van der Waals surface area contributed by atoms with E-state index in [0.717, 1.165) is 32.6 Å². The normalized spacial score (nSPS) is 18.2. The first-order valence-corrected chi connectivity index (χ1v) is 7.52. The first kappa shape index (κ1) is 14.4. The molecule has 0 saturated heterocycles. The van der Waals surface area contributed by atoms with Crippen LogP contribution in [0.25, 0.3) is 0 Å². The number of hydrogen-bond donors (Lipinski definition) is 2. The Labute approximate surface area is 117 Å². The lowest BCUT2D eigenvalue weighted by Gasteiger charge is -2.31. The summed E-state index contributed by atoms with van der Waals surface area (Å²) in [5.74, 6) is 0. The summed E-state index contributed by atoms with van der Waals surface area (Å²) in [6.45, 7) is 8.66. The van der Waals surface area contributed by atoms with Crippen molar-refractivity contribution in [2.45, 2.75) is 39.3 Å². The van der Waals surface area contributed by atoms with Crippen molar-refractivity contribution in [3.8, 4) is 0 Å². The van der Waals surface area contributed by atoms with Gasteiger partial charge in [-0.3, -0.25) is 0 Å². The topological polar surface area (TPSA) is 27.3 Å². The van der Waals surface area contributed by atoms with E-state index in [1.807, 2.05) is 0 Å². The number of anilines is 1. The van der Waals surface area contributed by atoms with Gasteiger partial charge in [0.1, 0.15) is 0 Å². The second kappa shape index (κ2) is 6.92. The van der Waals surface area contributed by atoms with Crippen LogP contribution < -0.4 is 15.5 Å². The van der Waals surface area contributed by atoms with E-state index in [1.54, 1.807) is 0 Å². The number of benzene rings is 1. The Hall–Kier alpha value is -1.06. The minimum absolute atomic E-state index is 0.561. The van der Waals surface area contributed by atoms with Gasteiger partial charge in [-0.25, -0.2) is 0 Å². The van der Waals surface area contributed by atoms with Gasteiger partial charge in [0.05, 0.1) is 0 Å². The molecule has 0 bridgehead atoms. The van der Waals surface area contributed by atoms with Crippen LogP contribution in [0, 0.1) is 0 Å². The molecule has 106 valence electrons. The zero-order valence-electron chi connectivity index (χ0n) is 12.5. The second-order valence-corrected chi connectivity index (χ2v) is 5.42. The molecule has 1 atom stereocenters. The zero-order valence-corrected chi connectivity index (χ0v) is 12.5. The van der Waals surface area contributed by atoms with Crippen molar-refractivity contribution >= 4 is 5.69 Å². The Bertz CT molecular complexity index is 403. The minimum atomic E-state index is 0.561. The largest absolute Gasteiger partial charge is 0.375 e. The van der Waals surface area contributed by atoms with Crippen molar-refractivity contribution in [1.82, 2.24) is 10.6 Å². The highest BCUT2D eigenvalue weighted by Crippen LogP contribution is 2.27. The van der Waals surface area contributed by atoms with Crippen LogP contribution in [0.1, 0.15) is 31.4 Å². The lowest BCUT2D eigenvalue weighted by Crippen LogP contribution is -2.43. The molecule has 19 heavy (non-hydrogen) atoms. The summed E-state index contributed by atoms with van der Waals surface area (Å²) in [6.07, 6.45) is 2.33. The third-order valence-electron chi connectivity index (χ3n) is 3.98. The maximum absolute atomic E-state index is 3.64. The predicted molar refractivity (Wildman–Crippen MR) is 82.9 cm³/mol. The van der Waals surface area contributed by atoms with Gasteiger partial charge in [0.15, 0.2) is 0 Å². The van der Waals surface area contributed by atoms with E-state index >= 15 is 0 Å². The molecule has 2 rings (SSSR count). The van der Waals surface area contributed by atoms with Crippen molar-refractivity contribution < 1.29 is 0 Å². The van der Waals surface area contributed by atoms with Gasteiger partial charge in [0.25, 0.3) is 0 Å². The van der Waals surface area contributed by atoms with Gasteiger partial charge >= 0.3 is 0 Å². The van der Waals surface area contributed by atoms with Crippen LogP contribution in [0.5, 0.6) is 0 Å². The SMILES string of the molecule is CCCNCC1Cc2c(cccc2N(C)CC)CN1. The van der Waals surface area contributed by atoms with E-state index < -0.39 is 0 Å². The van der Waals surface area contributed by atoms with Crippen LogP contribution in [0.2, 0.25) is 0 Å². The highest BCUT2D eigenvalue weighted by molar-refractivity contribution is 5.57. The molecular weight excluding hydrogens is 234 g/mol. The summed E-state index contributed by atoms with van der Waals surface area (Å²) in [7, 11) is 2.18. The molecule has 1 aliphatic rings. The predicted octanol–water partition coefficient (Wildman–Crippen LogP) is 2.16. The van der Waals surface area contributed by atoms with E-state index in [0.29, 0.717) is 6.04 Å². The van der Waals surface area contributed by atoms with E-state index in [1.165, 1.54) is 23.2 Å². The summed E-state index contributed by atoms with van der Waals surface area (Å²) >= 11 is 0. The van der Waals surface area contributed by atoms with Gasteiger partial charge in [0.2, 0.25) is 0 Å². The van der Waals surface area contributed by atoms with Gasteiger partial charge in [-0.2, -0.15) is 0 Å². The lowest BCUT2D eigenvalue weighted by molar-refractivity contribution is 0.448. The second-order valence-electron chi connectivity index (χ2n) is 5.42. The van der Waals surface area contributed by atoms with Crippen LogP contribution in [0.15, 0.2) is 18.2 Å². The van der Waals surface area contributed by atoms with Crippen molar-refractivity contribution in [3.05, 3.63) is 29.3 Å². The van der Waals surface area contributed by atoms with Crippen molar-refractivity contribution in [3.63, 3.8) is 0 Å². The monoisotopic (exact) mass is 261 g/mol. The Balaban J connectivity index is 2.09. The van der Waals surface area contributed by atoms with Gasteiger partial charge in [0, 0.05) is 38.4 Å². The average molecular weight is 261 g/mol. The Morgan fingerprint density at radius 2 is 2.21 bits per heavy atom. The number of hydrogen-bond acceptors (Lipinski definition) is 3. The standard InChI is InChI=1S/C16H27N3/c1-4-9-17-12-14-10-15-13(11-18-14)7-6-8-16(15)19(3)5-2/h6-8,14,17-18H,4-5,9-12H2,1-3H3. The molecule has 1 aromatic carbocycles. The molecule has 0 amide bonds. The van der Waals surface area contributed by atoms with Crippen LogP contribution in [-0.2, 0) is 13.0 Å². The third kappa shape index (κ3) is 3.48. The van der Waals surface area contributed by atoms with E-state index in [4.69, 9.17) is 0 Å². The van der Waals surface area contributed by atoms with Crippen molar-refractivity contribution in [1.29, 1.82) is 0 Å². The fraction of sp³-hybridized carbons (Fsp3) is 0.625. The maximum atomic E-state index is 3.64. The van der Waals surface area contributed by atoms with E-state index in [-0.39, 0.29) is 0 Å². The fourth-order valence-corrected chi connectivity index (χ4v) is 2.72. The Morgan fingerprint density at radius 3 is 2.95 bits per heavy atom. The highest BCUT2D eigenvalue weighted by atomic mass is 15.1. The Morgan fingerprint density at radius 1 is 1.37 bits per heavy atom. The molecule has 0 saturated carbocycles. The fourth-order valence-electron chi connectivity index (χ4n) is 2.72. The average Bonchev–Trinajstić information content (AvgIpc) is 2.46. The smallest absolute Gasteiger partial charge is 0.0399 e. The van der Waals surface area contributed by atoms with E-state index in [2.05, 4.69) is 54.6 Å². The number of nitrogens with zero attached hydrogens (tertiary/aromatic N) is 1. The summed E-state index contributed by atoms with van der Waals surface area (Å²) in [5.41, 5.74) is 4.40. The van der Waals surface area contributed by atoms with Gasteiger partial charge in [-0.1, -0.05) is 19.1 Å². The molecule has 0 fully saturated rings. The molecule has 0 aromatic heterocycles. The molecule has 3 heteroatoms. The highest BCUT2D eigenvalue weighted by Gasteiger charge is 2.20. The van der Waals surface area contributed by atoms with Gasteiger partial charge in [-0.15, -0.1) is 0 Å². The van der Waals surface area contributed by atoms with Gasteiger partial charge in [-0.05, 0) is 43.5 Å². The first-order valence-electron chi connectivity index (χ1n) is 7.52. The van der Waals surface area contributed by atoms with Crippen LogP contribution in [-0.4, -0.2) is 32.7 Å². The molecule has 0 aliphatic carbocycles. The Kier molecular flexibility index (Phi) is 5.23. The van der Waals surface area contributed by atoms with Crippen molar-refractivity contribution in [2.75, 3.05) is 31.6 Å². The molecule has 0 radical (unpaired) electrons. The third-order valence-corrected chi connectivity index (χ3v) is 3.98. The quantitative estimate of drug-likeness (QED) is 0.769. The lowest BCUT2D eigenvalue weighted by atomic mass is 9.93. The summed E-state index contributed by atoms with van der Waals surface area (Å²) < 4.78 is 0.